The van der Waals surface area contributed by atoms with Crippen LogP contribution in [-0.2, 0) is 11.8 Å². The van der Waals surface area contributed by atoms with Crippen LogP contribution in [-0.4, -0.2) is 0 Å². The molecule has 1 aromatic carbocycles. The number of aryl methyl sites for hydroxylation is 1. The Bertz CT molecular complexity index is 478. The average Bonchev–Trinajstić information content (AvgIpc) is 2.40. The maximum absolute atomic E-state index is 9.23. The van der Waals surface area contributed by atoms with Crippen LogP contribution in [0.5, 0.6) is 0 Å². The van der Waals surface area contributed by atoms with Crippen molar-refractivity contribution in [2.45, 2.75) is 38.0 Å². The fourth-order valence-corrected chi connectivity index (χ4v) is 3.10. The first kappa shape index (κ1) is 11.7. The van der Waals surface area contributed by atoms with Gasteiger partial charge in [0.2, 0.25) is 0 Å². The smallest absolute Gasteiger partial charge is 0.142 e. The van der Waals surface area contributed by atoms with Gasteiger partial charge in [-0.15, -0.1) is 0 Å². The van der Waals surface area contributed by atoms with Crippen LogP contribution in [0.4, 0.5) is 0 Å². The van der Waals surface area contributed by atoms with E-state index in [9.17, 15) is 10.5 Å². The Morgan fingerprint density at radius 2 is 2.00 bits per heavy atom. The molecule has 0 N–H and O–H groups in total. The predicted octanol–water partition coefficient (Wildman–Crippen LogP) is 3.33. The number of rotatable bonds is 2. The van der Waals surface area contributed by atoms with Gasteiger partial charge in [0, 0.05) is 5.41 Å². The zero-order chi connectivity index (χ0) is 12.3. The van der Waals surface area contributed by atoms with Crippen molar-refractivity contribution in [3.8, 4) is 12.1 Å². The summed E-state index contributed by atoms with van der Waals surface area (Å²) in [6.45, 7) is 2.09. The molecule has 1 aliphatic rings. The lowest BCUT2D eigenvalue weighted by molar-refractivity contribution is 0.306. The minimum Gasteiger partial charge on any atom is -0.197 e. The fourth-order valence-electron chi connectivity index (χ4n) is 3.10. The van der Waals surface area contributed by atoms with E-state index < -0.39 is 5.92 Å². The summed E-state index contributed by atoms with van der Waals surface area (Å²) in [7, 11) is 0. The Morgan fingerprint density at radius 3 is 2.65 bits per heavy atom. The molecule has 17 heavy (non-hydrogen) atoms. The van der Waals surface area contributed by atoms with Crippen molar-refractivity contribution >= 4 is 0 Å². The molecule has 0 saturated heterocycles. The molecular formula is C15H16N2. The standard InChI is InChI=1S/C15H16N2/c1-2-15(13(10-16)11-17)9-5-7-12-6-3-4-8-14(12)15/h3-4,6,8,13H,2,5,7,9H2,1H3/t15-/m0/s1. The van der Waals surface area contributed by atoms with E-state index in [4.69, 9.17) is 0 Å². The number of fused-ring (bicyclic) bond motifs is 1. The van der Waals surface area contributed by atoms with Gasteiger partial charge in [-0.2, -0.15) is 10.5 Å². The number of hydrogen-bond donors (Lipinski definition) is 0. The molecule has 2 nitrogen and oxygen atoms in total. The molecule has 1 aliphatic carbocycles. The lowest BCUT2D eigenvalue weighted by atomic mass is 9.62. The number of nitrogens with zero attached hydrogens (tertiary/aromatic N) is 2. The fraction of sp³-hybridized carbons (Fsp3) is 0.467. The topological polar surface area (TPSA) is 47.6 Å². The zero-order valence-electron chi connectivity index (χ0n) is 10.1. The van der Waals surface area contributed by atoms with Gasteiger partial charge in [-0.3, -0.25) is 0 Å². The van der Waals surface area contributed by atoms with E-state index in [1.807, 2.05) is 12.1 Å². The first-order chi connectivity index (χ1) is 8.28. The normalized spacial score (nSPS) is 22.6. The van der Waals surface area contributed by atoms with Gasteiger partial charge in [0.1, 0.15) is 5.92 Å². The highest BCUT2D eigenvalue weighted by Crippen LogP contribution is 2.45. The quantitative estimate of drug-likeness (QED) is 0.773. The van der Waals surface area contributed by atoms with Crippen molar-refractivity contribution in [1.29, 1.82) is 10.5 Å². The minimum atomic E-state index is -0.533. The van der Waals surface area contributed by atoms with Crippen molar-refractivity contribution in [2.75, 3.05) is 0 Å². The van der Waals surface area contributed by atoms with Gasteiger partial charge in [-0.05, 0) is 36.8 Å². The highest BCUT2D eigenvalue weighted by Gasteiger charge is 2.42. The third-order valence-electron chi connectivity index (χ3n) is 4.06. The SMILES string of the molecule is CC[C@@]1(C(C#N)C#N)CCCc2ccccc21. The van der Waals surface area contributed by atoms with Gasteiger partial charge in [-0.25, -0.2) is 0 Å². The second-order valence-electron chi connectivity index (χ2n) is 4.71. The summed E-state index contributed by atoms with van der Waals surface area (Å²) in [5.41, 5.74) is 2.29. The summed E-state index contributed by atoms with van der Waals surface area (Å²) >= 11 is 0. The molecule has 0 saturated carbocycles. The Hall–Kier alpha value is -1.80. The molecule has 0 bridgehead atoms. The molecule has 0 unspecified atom stereocenters. The average molecular weight is 224 g/mol. The van der Waals surface area contributed by atoms with Crippen molar-refractivity contribution in [1.82, 2.24) is 0 Å². The van der Waals surface area contributed by atoms with Crippen LogP contribution in [0.3, 0.4) is 0 Å². The Balaban J connectivity index is 2.58. The molecule has 2 heteroatoms. The summed E-state index contributed by atoms with van der Waals surface area (Å²) < 4.78 is 0. The Kier molecular flexibility index (Phi) is 3.16. The van der Waals surface area contributed by atoms with Crippen molar-refractivity contribution in [3.05, 3.63) is 35.4 Å². The van der Waals surface area contributed by atoms with E-state index >= 15 is 0 Å². The van der Waals surface area contributed by atoms with Crippen LogP contribution in [0.25, 0.3) is 0 Å². The Labute approximate surface area is 102 Å². The molecule has 86 valence electrons. The third-order valence-corrected chi connectivity index (χ3v) is 4.06. The van der Waals surface area contributed by atoms with Crippen LogP contribution >= 0.6 is 0 Å². The number of benzene rings is 1. The van der Waals surface area contributed by atoms with Gasteiger partial charge >= 0.3 is 0 Å². The molecule has 0 heterocycles. The second kappa shape index (κ2) is 4.60. The first-order valence-corrected chi connectivity index (χ1v) is 6.16. The molecule has 0 amide bonds. The zero-order valence-corrected chi connectivity index (χ0v) is 10.1. The second-order valence-corrected chi connectivity index (χ2v) is 4.71. The van der Waals surface area contributed by atoms with Crippen molar-refractivity contribution < 1.29 is 0 Å². The molecule has 1 atom stereocenters. The summed E-state index contributed by atoms with van der Waals surface area (Å²) in [6.07, 6.45) is 3.95. The molecular weight excluding hydrogens is 208 g/mol. The van der Waals surface area contributed by atoms with E-state index in [0.29, 0.717) is 0 Å². The van der Waals surface area contributed by atoms with E-state index in [1.54, 1.807) is 0 Å². The molecule has 2 rings (SSSR count). The highest BCUT2D eigenvalue weighted by molar-refractivity contribution is 5.40. The summed E-state index contributed by atoms with van der Waals surface area (Å²) in [6, 6.07) is 12.7. The lowest BCUT2D eigenvalue weighted by Crippen LogP contribution is -2.37. The van der Waals surface area contributed by atoms with Crippen LogP contribution in [0, 0.1) is 28.6 Å². The summed E-state index contributed by atoms with van der Waals surface area (Å²) in [5.74, 6) is -0.533. The first-order valence-electron chi connectivity index (χ1n) is 6.16. The van der Waals surface area contributed by atoms with Gasteiger partial charge in [0.05, 0.1) is 12.1 Å². The maximum atomic E-state index is 9.23. The van der Waals surface area contributed by atoms with Crippen LogP contribution < -0.4 is 0 Å². The molecule has 0 spiro atoms. The van der Waals surface area contributed by atoms with Gasteiger partial charge in [0.15, 0.2) is 0 Å². The van der Waals surface area contributed by atoms with Gasteiger partial charge in [0.25, 0.3) is 0 Å². The van der Waals surface area contributed by atoms with Crippen molar-refractivity contribution in [2.24, 2.45) is 5.92 Å². The van der Waals surface area contributed by atoms with E-state index in [1.165, 1.54) is 11.1 Å². The third kappa shape index (κ3) is 1.71. The number of hydrogen-bond acceptors (Lipinski definition) is 2. The highest BCUT2D eigenvalue weighted by atomic mass is 14.5. The summed E-state index contributed by atoms with van der Waals surface area (Å²) in [5, 5.41) is 18.5. The predicted molar refractivity (Wildman–Crippen MR) is 66.1 cm³/mol. The van der Waals surface area contributed by atoms with Crippen LogP contribution in [0.2, 0.25) is 0 Å². The van der Waals surface area contributed by atoms with Gasteiger partial charge < -0.3 is 0 Å². The lowest BCUT2D eigenvalue weighted by Gasteiger charge is -2.39. The molecule has 0 fully saturated rings. The molecule has 0 aliphatic heterocycles. The van der Waals surface area contributed by atoms with Crippen molar-refractivity contribution in [3.63, 3.8) is 0 Å². The van der Waals surface area contributed by atoms with E-state index in [-0.39, 0.29) is 5.41 Å². The van der Waals surface area contributed by atoms with E-state index in [0.717, 1.165) is 25.7 Å². The van der Waals surface area contributed by atoms with Gasteiger partial charge in [-0.1, -0.05) is 31.2 Å². The largest absolute Gasteiger partial charge is 0.197 e. The monoisotopic (exact) mass is 224 g/mol. The molecule has 0 radical (unpaired) electrons. The van der Waals surface area contributed by atoms with Crippen LogP contribution in [0.1, 0.15) is 37.3 Å². The van der Waals surface area contributed by atoms with Crippen LogP contribution in [0.15, 0.2) is 24.3 Å². The summed E-state index contributed by atoms with van der Waals surface area (Å²) in [4.78, 5) is 0. The number of nitriles is 2. The molecule has 1 aromatic rings. The van der Waals surface area contributed by atoms with E-state index in [2.05, 4.69) is 31.2 Å². The Morgan fingerprint density at radius 1 is 1.29 bits per heavy atom. The molecule has 0 aromatic heterocycles. The maximum Gasteiger partial charge on any atom is 0.142 e. The minimum absolute atomic E-state index is 0.252.